The van der Waals surface area contributed by atoms with Gasteiger partial charge in [-0.05, 0) is 24.3 Å². The van der Waals surface area contributed by atoms with Crippen LogP contribution in [0.3, 0.4) is 0 Å². The van der Waals surface area contributed by atoms with Crippen LogP contribution in [-0.4, -0.2) is 19.1 Å². The summed E-state index contributed by atoms with van der Waals surface area (Å²) in [6.07, 6.45) is 3.43. The first-order valence-electron chi connectivity index (χ1n) is 5.22. The summed E-state index contributed by atoms with van der Waals surface area (Å²) in [5, 5.41) is 3.33. The molecule has 0 saturated carbocycles. The maximum atomic E-state index is 11.7. The van der Waals surface area contributed by atoms with Crippen LogP contribution in [0.1, 0.15) is 5.56 Å². The van der Waals surface area contributed by atoms with Crippen molar-refractivity contribution in [1.82, 2.24) is 5.32 Å². The minimum atomic E-state index is -0.143. The van der Waals surface area contributed by atoms with Gasteiger partial charge in [-0.25, -0.2) is 0 Å². The molecule has 1 amide bonds. The number of hydrogen-bond donors (Lipinski definition) is 1. The van der Waals surface area contributed by atoms with Crippen molar-refractivity contribution in [3.63, 3.8) is 0 Å². The van der Waals surface area contributed by atoms with Crippen LogP contribution < -0.4 is 10.1 Å². The van der Waals surface area contributed by atoms with Gasteiger partial charge in [0, 0.05) is 17.1 Å². The van der Waals surface area contributed by atoms with E-state index < -0.39 is 0 Å². The van der Waals surface area contributed by atoms with E-state index in [0.717, 1.165) is 11.3 Å². The molecule has 0 fully saturated rings. The molecule has 0 radical (unpaired) electrons. The number of ether oxygens (including phenoxy) is 1. The fraction of sp³-hybridized carbons (Fsp3) is 0.154. The average molecular weight is 250 g/mol. The molecule has 0 unspecified atom stereocenters. The second-order valence-electron chi connectivity index (χ2n) is 3.64. The van der Waals surface area contributed by atoms with E-state index in [0.29, 0.717) is 17.1 Å². The van der Waals surface area contributed by atoms with Gasteiger partial charge < -0.3 is 10.1 Å². The SMILES string of the molecule is C=CCNC(=O)C1=Cc2cc(Cl)ccc2OC1. The number of hydrogen-bond acceptors (Lipinski definition) is 2. The highest BCUT2D eigenvalue weighted by atomic mass is 35.5. The van der Waals surface area contributed by atoms with Gasteiger partial charge in [0.15, 0.2) is 0 Å². The van der Waals surface area contributed by atoms with E-state index in [1.807, 2.05) is 0 Å². The molecule has 1 aliphatic rings. The molecule has 2 rings (SSSR count). The van der Waals surface area contributed by atoms with E-state index in [1.54, 1.807) is 30.4 Å². The lowest BCUT2D eigenvalue weighted by atomic mass is 10.1. The number of halogens is 1. The lowest BCUT2D eigenvalue weighted by molar-refractivity contribution is -0.117. The Kier molecular flexibility index (Phi) is 3.49. The summed E-state index contributed by atoms with van der Waals surface area (Å²) < 4.78 is 5.48. The van der Waals surface area contributed by atoms with Gasteiger partial charge >= 0.3 is 0 Å². The molecule has 1 aliphatic heterocycles. The van der Waals surface area contributed by atoms with E-state index in [2.05, 4.69) is 11.9 Å². The molecule has 1 N–H and O–H groups in total. The van der Waals surface area contributed by atoms with Gasteiger partial charge in [-0.3, -0.25) is 4.79 Å². The summed E-state index contributed by atoms with van der Waals surface area (Å²) >= 11 is 5.89. The highest BCUT2D eigenvalue weighted by Gasteiger charge is 2.16. The molecule has 1 aromatic rings. The van der Waals surface area contributed by atoms with E-state index in [1.165, 1.54) is 0 Å². The van der Waals surface area contributed by atoms with Gasteiger partial charge in [0.05, 0.1) is 5.57 Å². The van der Waals surface area contributed by atoms with Crippen LogP contribution in [0.5, 0.6) is 5.75 Å². The lowest BCUT2D eigenvalue weighted by Gasteiger charge is -2.17. The molecular formula is C13H12ClNO2. The van der Waals surface area contributed by atoms with Crippen LogP contribution in [0.4, 0.5) is 0 Å². The topological polar surface area (TPSA) is 38.3 Å². The van der Waals surface area contributed by atoms with E-state index >= 15 is 0 Å². The van der Waals surface area contributed by atoms with Crippen molar-refractivity contribution in [1.29, 1.82) is 0 Å². The Morgan fingerprint density at radius 3 is 3.18 bits per heavy atom. The van der Waals surface area contributed by atoms with Crippen molar-refractivity contribution in [3.8, 4) is 5.75 Å². The van der Waals surface area contributed by atoms with Gasteiger partial charge in [-0.2, -0.15) is 0 Å². The van der Waals surface area contributed by atoms with Crippen LogP contribution in [0.25, 0.3) is 6.08 Å². The van der Waals surface area contributed by atoms with Crippen molar-refractivity contribution in [2.75, 3.05) is 13.2 Å². The monoisotopic (exact) mass is 249 g/mol. The highest BCUT2D eigenvalue weighted by molar-refractivity contribution is 6.30. The first-order valence-corrected chi connectivity index (χ1v) is 5.60. The first-order chi connectivity index (χ1) is 8.20. The minimum Gasteiger partial charge on any atom is -0.488 e. The third-order valence-electron chi connectivity index (χ3n) is 2.38. The van der Waals surface area contributed by atoms with E-state index in [-0.39, 0.29) is 12.5 Å². The van der Waals surface area contributed by atoms with Gasteiger partial charge in [0.25, 0.3) is 5.91 Å². The van der Waals surface area contributed by atoms with Crippen LogP contribution in [0.2, 0.25) is 5.02 Å². The molecule has 0 aliphatic carbocycles. The number of rotatable bonds is 3. The molecule has 0 aromatic heterocycles. The summed E-state index contributed by atoms with van der Waals surface area (Å²) in [5.74, 6) is 0.602. The van der Waals surface area contributed by atoms with Gasteiger partial charge in [0.1, 0.15) is 12.4 Å². The zero-order chi connectivity index (χ0) is 12.3. The number of fused-ring (bicyclic) bond motifs is 1. The molecule has 0 spiro atoms. The van der Waals surface area contributed by atoms with Crippen LogP contribution in [-0.2, 0) is 4.79 Å². The maximum Gasteiger partial charge on any atom is 0.250 e. The fourth-order valence-electron chi connectivity index (χ4n) is 1.56. The Morgan fingerprint density at radius 2 is 2.41 bits per heavy atom. The number of carbonyl (C=O) groups is 1. The largest absolute Gasteiger partial charge is 0.488 e. The van der Waals surface area contributed by atoms with Crippen molar-refractivity contribution < 1.29 is 9.53 Å². The zero-order valence-corrected chi connectivity index (χ0v) is 9.96. The molecule has 17 heavy (non-hydrogen) atoms. The summed E-state index contributed by atoms with van der Waals surface area (Å²) in [6, 6.07) is 5.33. The van der Waals surface area contributed by atoms with Gasteiger partial charge in [-0.1, -0.05) is 17.7 Å². The number of carbonyl (C=O) groups excluding carboxylic acids is 1. The Labute approximate surface area is 105 Å². The molecular weight excluding hydrogens is 238 g/mol. The molecule has 3 nitrogen and oxygen atoms in total. The quantitative estimate of drug-likeness (QED) is 0.836. The first kappa shape index (κ1) is 11.7. The summed E-state index contributed by atoms with van der Waals surface area (Å²) in [4.78, 5) is 11.7. The molecule has 1 heterocycles. The lowest BCUT2D eigenvalue weighted by Crippen LogP contribution is -2.28. The number of amides is 1. The number of nitrogens with one attached hydrogen (secondary N) is 1. The normalized spacial score (nSPS) is 13.1. The summed E-state index contributed by atoms with van der Waals surface area (Å²) in [7, 11) is 0. The van der Waals surface area contributed by atoms with Crippen LogP contribution in [0, 0.1) is 0 Å². The summed E-state index contributed by atoms with van der Waals surface area (Å²) in [6.45, 7) is 4.26. The second kappa shape index (κ2) is 5.06. The van der Waals surface area contributed by atoms with Crippen LogP contribution in [0.15, 0.2) is 36.4 Å². The van der Waals surface area contributed by atoms with E-state index in [4.69, 9.17) is 16.3 Å². The van der Waals surface area contributed by atoms with Crippen LogP contribution >= 0.6 is 11.6 Å². The summed E-state index contributed by atoms with van der Waals surface area (Å²) in [5.41, 5.74) is 1.41. The second-order valence-corrected chi connectivity index (χ2v) is 4.08. The molecule has 0 saturated heterocycles. The smallest absolute Gasteiger partial charge is 0.250 e. The maximum absolute atomic E-state index is 11.7. The zero-order valence-electron chi connectivity index (χ0n) is 9.20. The van der Waals surface area contributed by atoms with Crippen molar-refractivity contribution in [2.45, 2.75) is 0 Å². The van der Waals surface area contributed by atoms with Crippen molar-refractivity contribution in [3.05, 3.63) is 47.0 Å². The van der Waals surface area contributed by atoms with Crippen molar-refractivity contribution >= 4 is 23.6 Å². The minimum absolute atomic E-state index is 0.143. The molecule has 88 valence electrons. The Balaban J connectivity index is 2.22. The van der Waals surface area contributed by atoms with Gasteiger partial charge in [-0.15, -0.1) is 6.58 Å². The predicted molar refractivity (Wildman–Crippen MR) is 68.1 cm³/mol. The Morgan fingerprint density at radius 1 is 1.59 bits per heavy atom. The fourth-order valence-corrected chi connectivity index (χ4v) is 1.74. The average Bonchev–Trinajstić information content (AvgIpc) is 2.35. The Bertz CT molecular complexity index is 494. The Hall–Kier alpha value is -1.74. The third kappa shape index (κ3) is 2.68. The molecule has 4 heteroatoms. The highest BCUT2D eigenvalue weighted by Crippen LogP contribution is 2.28. The molecule has 0 atom stereocenters. The molecule has 1 aromatic carbocycles. The van der Waals surface area contributed by atoms with Crippen molar-refractivity contribution in [2.24, 2.45) is 0 Å². The standard InChI is InChI=1S/C13H12ClNO2/c1-2-5-15-13(16)10-6-9-7-11(14)3-4-12(9)17-8-10/h2-4,6-7H,1,5,8H2,(H,15,16). The van der Waals surface area contributed by atoms with Gasteiger partial charge in [0.2, 0.25) is 0 Å². The predicted octanol–water partition coefficient (Wildman–Crippen LogP) is 2.42. The molecule has 0 bridgehead atoms. The third-order valence-corrected chi connectivity index (χ3v) is 2.62. The number of benzene rings is 1. The van der Waals surface area contributed by atoms with E-state index in [9.17, 15) is 4.79 Å².